The number of hydrazine groups is 1. The molecule has 1 amide bonds. The second-order valence-electron chi connectivity index (χ2n) is 4.61. The average molecular weight is 314 g/mol. The maximum atomic E-state index is 13.5. The first-order valence-electron chi connectivity index (χ1n) is 6.36. The van der Waals surface area contributed by atoms with Crippen LogP contribution in [0.4, 0.5) is 15.8 Å². The molecule has 7 nitrogen and oxygen atoms in total. The van der Waals surface area contributed by atoms with Gasteiger partial charge in [0.1, 0.15) is 5.56 Å². The molecular weight excluding hydrogens is 299 g/mol. The number of hydrogen-bond donors (Lipinski definition) is 3. The van der Waals surface area contributed by atoms with Crippen molar-refractivity contribution < 1.29 is 14.1 Å². The summed E-state index contributed by atoms with van der Waals surface area (Å²) in [5.41, 5.74) is 1.14. The molecule has 0 aliphatic carbocycles. The van der Waals surface area contributed by atoms with Gasteiger partial charge >= 0.3 is 0 Å². The Kier molecular flexibility index (Phi) is 4.97. The van der Waals surface area contributed by atoms with Crippen LogP contribution in [0.2, 0.25) is 0 Å². The summed E-state index contributed by atoms with van der Waals surface area (Å²) in [6.45, 7) is 0. The smallest absolute Gasteiger partial charge is 0.285 e. The number of amides is 1. The molecule has 1 aromatic carbocycles. The Morgan fingerprint density at radius 1 is 1.43 bits per heavy atom. The van der Waals surface area contributed by atoms with Gasteiger partial charge in [0.25, 0.3) is 11.6 Å². The highest BCUT2D eigenvalue weighted by molar-refractivity contribution is 7.99. The monoisotopic (exact) mass is 314 g/mol. The van der Waals surface area contributed by atoms with E-state index < -0.39 is 22.3 Å². The van der Waals surface area contributed by atoms with Gasteiger partial charge in [0.15, 0.2) is 5.82 Å². The first kappa shape index (κ1) is 15.5. The molecule has 1 aliphatic heterocycles. The number of nitrogens with one attached hydrogen (secondary N) is 2. The summed E-state index contributed by atoms with van der Waals surface area (Å²) in [4.78, 5) is 22.4. The normalized spacial score (nSPS) is 15.5. The van der Waals surface area contributed by atoms with E-state index in [9.17, 15) is 19.3 Å². The fraction of sp³-hybridized carbons (Fsp3) is 0.417. The predicted octanol–water partition coefficient (Wildman–Crippen LogP) is 1.64. The third-order valence-corrected chi connectivity index (χ3v) is 4.29. The van der Waals surface area contributed by atoms with Crippen LogP contribution in [-0.2, 0) is 0 Å². The summed E-state index contributed by atoms with van der Waals surface area (Å²) in [6.07, 6.45) is 1.63. The molecule has 1 aromatic rings. The maximum absolute atomic E-state index is 13.5. The number of nitrogen functional groups attached to an aromatic ring is 1. The van der Waals surface area contributed by atoms with E-state index >= 15 is 0 Å². The van der Waals surface area contributed by atoms with E-state index in [1.165, 1.54) is 0 Å². The second-order valence-corrected chi connectivity index (χ2v) is 5.84. The van der Waals surface area contributed by atoms with Gasteiger partial charge in [-0.1, -0.05) is 0 Å². The topological polar surface area (TPSA) is 110 Å². The minimum atomic E-state index is -0.880. The van der Waals surface area contributed by atoms with Crippen LogP contribution in [0.5, 0.6) is 0 Å². The van der Waals surface area contributed by atoms with Crippen LogP contribution in [-0.4, -0.2) is 28.4 Å². The molecule has 0 saturated carbocycles. The van der Waals surface area contributed by atoms with Crippen molar-refractivity contribution in [3.8, 4) is 0 Å². The summed E-state index contributed by atoms with van der Waals surface area (Å²) in [5.74, 6) is 5.54. The molecule has 2 rings (SSSR count). The van der Waals surface area contributed by atoms with Crippen LogP contribution >= 0.6 is 11.8 Å². The number of hydrogen-bond acceptors (Lipinski definition) is 6. The van der Waals surface area contributed by atoms with Gasteiger partial charge in [-0.2, -0.15) is 11.8 Å². The van der Waals surface area contributed by atoms with Crippen molar-refractivity contribution >= 4 is 29.0 Å². The Balaban J connectivity index is 2.27. The van der Waals surface area contributed by atoms with E-state index in [1.807, 2.05) is 0 Å². The Morgan fingerprint density at radius 3 is 2.67 bits per heavy atom. The van der Waals surface area contributed by atoms with Crippen molar-refractivity contribution in [3.63, 3.8) is 0 Å². The Hall–Kier alpha value is -1.87. The minimum absolute atomic E-state index is 0.0160. The lowest BCUT2D eigenvalue weighted by atomic mass is 10.1. The Morgan fingerprint density at radius 2 is 2.10 bits per heavy atom. The average Bonchev–Trinajstić information content (AvgIpc) is 2.47. The number of carbonyl (C=O) groups excluding carboxylic acids is 1. The number of benzene rings is 1. The second kappa shape index (κ2) is 6.72. The molecule has 1 fully saturated rings. The minimum Gasteiger partial charge on any atom is -0.349 e. The van der Waals surface area contributed by atoms with Crippen molar-refractivity contribution in [2.24, 2.45) is 5.84 Å². The van der Waals surface area contributed by atoms with Gasteiger partial charge in [-0.3, -0.25) is 20.8 Å². The lowest BCUT2D eigenvalue weighted by Crippen LogP contribution is -2.37. The molecule has 21 heavy (non-hydrogen) atoms. The zero-order valence-electron chi connectivity index (χ0n) is 11.1. The van der Waals surface area contributed by atoms with E-state index in [-0.39, 0.29) is 17.3 Å². The first-order valence-corrected chi connectivity index (χ1v) is 7.51. The number of anilines is 1. The van der Waals surface area contributed by atoms with Crippen molar-refractivity contribution in [1.29, 1.82) is 0 Å². The molecule has 0 aromatic heterocycles. The number of thioether (sulfide) groups is 1. The molecule has 4 N–H and O–H groups in total. The van der Waals surface area contributed by atoms with Gasteiger partial charge in [-0.25, -0.2) is 4.39 Å². The van der Waals surface area contributed by atoms with Crippen LogP contribution in [0, 0.1) is 15.9 Å². The van der Waals surface area contributed by atoms with Gasteiger partial charge < -0.3 is 10.7 Å². The van der Waals surface area contributed by atoms with Crippen LogP contribution < -0.4 is 16.6 Å². The van der Waals surface area contributed by atoms with E-state index in [1.54, 1.807) is 11.8 Å². The van der Waals surface area contributed by atoms with E-state index in [4.69, 9.17) is 5.84 Å². The largest absolute Gasteiger partial charge is 0.349 e. The van der Waals surface area contributed by atoms with Gasteiger partial charge in [-0.15, -0.1) is 0 Å². The van der Waals surface area contributed by atoms with Gasteiger partial charge in [0, 0.05) is 6.04 Å². The quantitative estimate of drug-likeness (QED) is 0.443. The van der Waals surface area contributed by atoms with E-state index in [0.29, 0.717) is 6.07 Å². The SMILES string of the molecule is NNc1cc(C(=O)NC2CCSCC2)c([N+](=O)[O-])cc1F. The van der Waals surface area contributed by atoms with E-state index in [0.717, 1.165) is 30.4 Å². The van der Waals surface area contributed by atoms with Crippen molar-refractivity contribution in [1.82, 2.24) is 5.32 Å². The number of nitro groups is 1. The van der Waals surface area contributed by atoms with Crippen LogP contribution in [0.25, 0.3) is 0 Å². The first-order chi connectivity index (χ1) is 10.0. The third kappa shape index (κ3) is 3.61. The summed E-state index contributed by atoms with van der Waals surface area (Å²) in [6, 6.07) is 1.74. The molecule has 9 heteroatoms. The van der Waals surface area contributed by atoms with Crippen LogP contribution in [0.15, 0.2) is 12.1 Å². The van der Waals surface area contributed by atoms with Crippen molar-refractivity contribution in [2.45, 2.75) is 18.9 Å². The number of carbonyl (C=O) groups is 1. The fourth-order valence-corrected chi connectivity index (χ4v) is 3.22. The Bertz CT molecular complexity index is 564. The van der Waals surface area contributed by atoms with Crippen LogP contribution in [0.3, 0.4) is 0 Å². The Labute approximate surface area is 124 Å². The highest BCUT2D eigenvalue weighted by atomic mass is 32.2. The highest BCUT2D eigenvalue weighted by Crippen LogP contribution is 2.26. The molecule has 0 spiro atoms. The number of nitrogens with zero attached hydrogens (tertiary/aromatic N) is 1. The molecule has 114 valence electrons. The molecule has 1 saturated heterocycles. The zero-order chi connectivity index (χ0) is 15.4. The summed E-state index contributed by atoms with van der Waals surface area (Å²) >= 11 is 1.80. The maximum Gasteiger partial charge on any atom is 0.285 e. The molecular formula is C12H15FN4O3S. The number of rotatable bonds is 4. The number of halogens is 1. The molecule has 0 bridgehead atoms. The van der Waals surface area contributed by atoms with Gasteiger partial charge in [-0.05, 0) is 30.4 Å². The summed E-state index contributed by atoms with van der Waals surface area (Å²) in [5, 5.41) is 13.7. The van der Waals surface area contributed by atoms with Gasteiger partial charge in [0.05, 0.1) is 16.7 Å². The van der Waals surface area contributed by atoms with Crippen molar-refractivity contribution in [2.75, 3.05) is 16.9 Å². The van der Waals surface area contributed by atoms with E-state index in [2.05, 4.69) is 10.7 Å². The molecule has 0 unspecified atom stereocenters. The van der Waals surface area contributed by atoms with Crippen molar-refractivity contribution in [3.05, 3.63) is 33.6 Å². The standard InChI is InChI=1S/C12H15FN4O3S/c13-9-6-11(17(19)20)8(5-10(9)16-14)12(18)15-7-1-3-21-4-2-7/h5-7,16H,1-4,14H2,(H,15,18). The zero-order valence-corrected chi connectivity index (χ0v) is 11.9. The molecule has 0 atom stereocenters. The molecule has 0 radical (unpaired) electrons. The summed E-state index contributed by atoms with van der Waals surface area (Å²) in [7, 11) is 0. The predicted molar refractivity (Wildman–Crippen MR) is 78.7 cm³/mol. The third-order valence-electron chi connectivity index (χ3n) is 3.24. The number of nitro benzene ring substituents is 1. The molecule has 1 aliphatic rings. The number of nitrogens with two attached hydrogens (primary N) is 1. The van der Waals surface area contributed by atoms with Gasteiger partial charge in [0.2, 0.25) is 0 Å². The fourth-order valence-electron chi connectivity index (χ4n) is 2.11. The lowest BCUT2D eigenvalue weighted by Gasteiger charge is -2.22. The molecule has 1 heterocycles. The lowest BCUT2D eigenvalue weighted by molar-refractivity contribution is -0.385. The summed E-state index contributed by atoms with van der Waals surface area (Å²) < 4.78 is 13.5. The highest BCUT2D eigenvalue weighted by Gasteiger charge is 2.25. The van der Waals surface area contributed by atoms with Crippen LogP contribution in [0.1, 0.15) is 23.2 Å².